The second kappa shape index (κ2) is 14.4. The topological polar surface area (TPSA) is 117 Å². The van der Waals surface area contributed by atoms with Gasteiger partial charge in [-0.2, -0.15) is 0 Å². The number of hydrogen-bond donors (Lipinski definition) is 3. The number of ether oxygens (including phenoxy) is 1. The van der Waals surface area contributed by atoms with Crippen LogP contribution in [-0.2, 0) is 14.4 Å². The van der Waals surface area contributed by atoms with Crippen LogP contribution in [0.3, 0.4) is 0 Å². The molecule has 2 aliphatic heterocycles. The second-order valence-corrected chi connectivity index (χ2v) is 10.6. The van der Waals surface area contributed by atoms with E-state index >= 15 is 0 Å². The van der Waals surface area contributed by atoms with Gasteiger partial charge in [-0.15, -0.1) is 0 Å². The number of nitrogens with one attached hydrogen (secondary N) is 3. The predicted molar refractivity (Wildman–Crippen MR) is 165 cm³/mol. The van der Waals surface area contributed by atoms with Gasteiger partial charge in [0.2, 0.25) is 17.7 Å². The molecule has 0 saturated carbocycles. The number of amides is 3. The molecular weight excluding hydrogens is 544 g/mol. The number of hydrogen-bond acceptors (Lipinski definition) is 6. The largest absolute Gasteiger partial charge is 0.483 e. The molecule has 43 heavy (non-hydrogen) atoms. The van der Waals surface area contributed by atoms with Crippen molar-refractivity contribution in [3.63, 3.8) is 0 Å². The molecule has 0 saturated heterocycles. The highest BCUT2D eigenvalue weighted by Crippen LogP contribution is 2.27. The minimum absolute atomic E-state index is 0.113. The van der Waals surface area contributed by atoms with E-state index < -0.39 is 47.7 Å². The maximum atomic E-state index is 14.2. The zero-order chi connectivity index (χ0) is 30.9. The number of fused-ring (bicyclic) bond motifs is 10. The Kier molecular flexibility index (Phi) is 10.5. The number of benzene rings is 3. The van der Waals surface area contributed by atoms with Crippen LogP contribution in [0.4, 0.5) is 0 Å². The summed E-state index contributed by atoms with van der Waals surface area (Å²) in [6.07, 6.45) is 2.94. The fourth-order valence-electron chi connectivity index (χ4n) is 4.79. The van der Waals surface area contributed by atoms with Gasteiger partial charge in [-0.05, 0) is 56.7 Å². The minimum atomic E-state index is -1.31. The van der Waals surface area contributed by atoms with Gasteiger partial charge in [-0.3, -0.25) is 24.1 Å². The number of carbonyl (C=O) groups excluding carboxylic acids is 4. The van der Waals surface area contributed by atoms with Crippen LogP contribution in [-0.4, -0.2) is 59.6 Å². The third kappa shape index (κ3) is 7.75. The quantitative estimate of drug-likeness (QED) is 0.274. The average Bonchev–Trinajstić information content (AvgIpc) is 3.03. The van der Waals surface area contributed by atoms with Crippen LogP contribution in [0.1, 0.15) is 54.8 Å². The lowest BCUT2D eigenvalue weighted by molar-refractivity contribution is -0.135. The number of Topliss-reactive ketones (excluding diaryl/α,β-unsaturated/α-hetero) is 1. The third-order valence-electron chi connectivity index (χ3n) is 7.66. The molecule has 0 spiro atoms. The molecule has 3 aromatic carbocycles. The van der Waals surface area contributed by atoms with Crippen LogP contribution in [0, 0.1) is 0 Å². The Morgan fingerprint density at radius 1 is 0.930 bits per heavy atom. The van der Waals surface area contributed by atoms with Gasteiger partial charge in [-0.1, -0.05) is 79.7 Å². The maximum Gasteiger partial charge on any atom is 0.247 e. The van der Waals surface area contributed by atoms with Gasteiger partial charge in [0, 0.05) is 17.8 Å². The summed E-state index contributed by atoms with van der Waals surface area (Å²) in [5.41, 5.74) is 1.83. The number of carbonyl (C=O) groups is 4. The van der Waals surface area contributed by atoms with Crippen LogP contribution >= 0.6 is 0 Å². The van der Waals surface area contributed by atoms with Gasteiger partial charge in [0.15, 0.2) is 17.9 Å². The van der Waals surface area contributed by atoms with E-state index in [0.717, 1.165) is 5.56 Å². The molecule has 2 aliphatic rings. The summed E-state index contributed by atoms with van der Waals surface area (Å²) >= 11 is 0. The Labute approximate surface area is 252 Å². The lowest BCUT2D eigenvalue weighted by Gasteiger charge is -2.34. The summed E-state index contributed by atoms with van der Waals surface area (Å²) in [7, 11) is 1.72. The van der Waals surface area contributed by atoms with Gasteiger partial charge in [0.1, 0.15) is 17.8 Å². The van der Waals surface area contributed by atoms with E-state index in [1.54, 1.807) is 79.5 Å². The molecule has 3 N–H and O–H groups in total. The van der Waals surface area contributed by atoms with E-state index in [1.165, 1.54) is 6.20 Å². The van der Waals surface area contributed by atoms with E-state index in [1.807, 2.05) is 44.2 Å². The normalized spacial score (nSPS) is 20.3. The molecule has 3 aromatic rings. The van der Waals surface area contributed by atoms with Crippen molar-refractivity contribution in [2.45, 2.75) is 57.5 Å². The summed E-state index contributed by atoms with van der Waals surface area (Å²) < 4.78 is 6.40. The van der Waals surface area contributed by atoms with E-state index in [2.05, 4.69) is 16.0 Å². The van der Waals surface area contributed by atoms with Gasteiger partial charge in [0.25, 0.3) is 0 Å². The van der Waals surface area contributed by atoms with Crippen molar-refractivity contribution in [2.24, 2.45) is 0 Å². The summed E-state index contributed by atoms with van der Waals surface area (Å²) in [5.74, 6) is -1.65. The van der Waals surface area contributed by atoms with Crippen LogP contribution in [0.5, 0.6) is 5.75 Å². The first-order valence-electron chi connectivity index (χ1n) is 14.4. The van der Waals surface area contributed by atoms with Crippen LogP contribution < -0.4 is 20.7 Å². The molecule has 0 fully saturated rings. The Balaban J connectivity index is 1.78. The molecule has 0 unspecified atom stereocenters. The maximum absolute atomic E-state index is 14.2. The van der Waals surface area contributed by atoms with Crippen molar-refractivity contribution in [3.05, 3.63) is 108 Å². The number of likely N-dealkylation sites (N-methyl/N-ethyl adjacent to an activating group) is 1. The SMILES string of the molecule is CC[C@H](C)N(C)[C@H](C(=O)N[C@H]1C(=O)N[C@H](C)C(=O)NC=Cc2ccc(cc2)O[C@@H]1c1ccccc1)C(=O)c1ccccc1. The first-order valence-corrected chi connectivity index (χ1v) is 14.4. The average molecular weight is 583 g/mol. The summed E-state index contributed by atoms with van der Waals surface area (Å²) in [6.45, 7) is 5.46. The summed E-state index contributed by atoms with van der Waals surface area (Å²) in [4.78, 5) is 56.4. The van der Waals surface area contributed by atoms with Crippen molar-refractivity contribution >= 4 is 29.6 Å². The molecule has 224 valence electrons. The van der Waals surface area contributed by atoms with E-state index in [-0.39, 0.29) is 6.04 Å². The smallest absolute Gasteiger partial charge is 0.247 e. The molecule has 2 heterocycles. The molecule has 3 amide bonds. The Bertz CT molecular complexity index is 1440. The van der Waals surface area contributed by atoms with Gasteiger partial charge >= 0.3 is 0 Å². The van der Waals surface area contributed by atoms with Crippen molar-refractivity contribution < 1.29 is 23.9 Å². The Morgan fingerprint density at radius 2 is 1.56 bits per heavy atom. The molecule has 0 radical (unpaired) electrons. The van der Waals surface area contributed by atoms with Gasteiger partial charge in [-0.25, -0.2) is 0 Å². The highest BCUT2D eigenvalue weighted by Gasteiger charge is 2.40. The Morgan fingerprint density at radius 3 is 2.19 bits per heavy atom. The van der Waals surface area contributed by atoms with Gasteiger partial charge in [0.05, 0.1) is 0 Å². The van der Waals surface area contributed by atoms with E-state index in [4.69, 9.17) is 4.74 Å². The van der Waals surface area contributed by atoms with Gasteiger partial charge < -0.3 is 20.7 Å². The standard InChI is InChI=1S/C34H38N4O5/c1-5-22(2)38(4)29(30(39)25-12-8-6-9-13-25)34(42)37-28-31(26-14-10-7-11-15-26)43-27-18-16-24(17-19-27)20-21-35-32(40)23(3)36-33(28)41/h6-23,28-29,31H,5H2,1-4H3,(H,35,40)(H,36,41)(H,37,42)/t22-,23+,28+,29-,31+/m0/s1. The minimum Gasteiger partial charge on any atom is -0.483 e. The zero-order valence-electron chi connectivity index (χ0n) is 24.8. The fraction of sp³-hybridized carbons (Fsp3) is 0.294. The lowest BCUT2D eigenvalue weighted by atomic mass is 9.97. The molecule has 5 rings (SSSR count). The first-order chi connectivity index (χ1) is 20.7. The monoisotopic (exact) mass is 582 g/mol. The third-order valence-corrected chi connectivity index (χ3v) is 7.66. The lowest BCUT2D eigenvalue weighted by Crippen LogP contribution is -2.60. The summed E-state index contributed by atoms with van der Waals surface area (Å²) in [5, 5.41) is 8.24. The Hall–Kier alpha value is -4.76. The molecule has 2 bridgehead atoms. The molecule has 9 heteroatoms. The molecular formula is C34H38N4O5. The van der Waals surface area contributed by atoms with Crippen molar-refractivity contribution in [3.8, 4) is 5.75 Å². The molecule has 0 aromatic heterocycles. The fourth-order valence-corrected chi connectivity index (χ4v) is 4.79. The predicted octanol–water partition coefficient (Wildman–Crippen LogP) is 3.88. The van der Waals surface area contributed by atoms with Crippen molar-refractivity contribution in [1.82, 2.24) is 20.9 Å². The number of ketones is 1. The van der Waals surface area contributed by atoms with Crippen molar-refractivity contribution in [2.75, 3.05) is 7.05 Å². The summed E-state index contributed by atoms with van der Waals surface area (Å²) in [6, 6.07) is 21.2. The first kappa shape index (κ1) is 31.2. The molecule has 0 aliphatic carbocycles. The van der Waals surface area contributed by atoms with Crippen LogP contribution in [0.15, 0.2) is 91.1 Å². The van der Waals surface area contributed by atoms with E-state index in [9.17, 15) is 19.2 Å². The van der Waals surface area contributed by atoms with Crippen LogP contribution in [0.25, 0.3) is 6.08 Å². The highest BCUT2D eigenvalue weighted by atomic mass is 16.5. The number of nitrogens with zero attached hydrogens (tertiary/aromatic N) is 1. The number of rotatable bonds is 8. The second-order valence-electron chi connectivity index (χ2n) is 10.6. The van der Waals surface area contributed by atoms with E-state index in [0.29, 0.717) is 23.3 Å². The van der Waals surface area contributed by atoms with Crippen LogP contribution in [0.2, 0.25) is 0 Å². The highest BCUT2D eigenvalue weighted by molar-refractivity contribution is 6.14. The molecule has 9 nitrogen and oxygen atoms in total. The zero-order valence-corrected chi connectivity index (χ0v) is 24.8. The molecule has 5 atom stereocenters. The van der Waals surface area contributed by atoms with Crippen molar-refractivity contribution in [1.29, 1.82) is 0 Å².